The van der Waals surface area contributed by atoms with Crippen LogP contribution in [-0.2, 0) is 25.9 Å². The number of nitrogens with two attached hydrogens (primary N) is 1. The summed E-state index contributed by atoms with van der Waals surface area (Å²) in [6, 6.07) is 4.55. The Morgan fingerprint density at radius 2 is 1.23 bits per heavy atom. The van der Waals surface area contributed by atoms with Crippen molar-refractivity contribution in [3.05, 3.63) is 53.9 Å². The van der Waals surface area contributed by atoms with Gasteiger partial charge >= 0.3 is 0 Å². The molecule has 3 aromatic rings. The van der Waals surface area contributed by atoms with Crippen LogP contribution in [0.5, 0.6) is 0 Å². The van der Waals surface area contributed by atoms with Gasteiger partial charge in [0.25, 0.3) is 17.7 Å². The summed E-state index contributed by atoms with van der Waals surface area (Å²) in [6.07, 6.45) is 5.29. The summed E-state index contributed by atoms with van der Waals surface area (Å²) in [6.45, 7) is -0.0821. The largest absolute Gasteiger partial charge is 0.386 e. The van der Waals surface area contributed by atoms with Crippen LogP contribution in [0.15, 0.2) is 36.8 Å². The van der Waals surface area contributed by atoms with Crippen molar-refractivity contribution in [3.8, 4) is 0 Å². The lowest BCUT2D eigenvalue weighted by molar-refractivity contribution is -0.105. The van der Waals surface area contributed by atoms with E-state index in [0.717, 1.165) is 0 Å². The number of carbonyl (C=O) groups excluding carboxylic acids is 4. The molecule has 3 heterocycles. The molecule has 0 unspecified atom stereocenters. The van der Waals surface area contributed by atoms with Gasteiger partial charge in [-0.05, 0) is 18.2 Å². The fourth-order valence-electron chi connectivity index (χ4n) is 3.31. The van der Waals surface area contributed by atoms with Crippen LogP contribution >= 0.6 is 12.4 Å². The maximum Gasteiger partial charge on any atom is 0.272 e. The molecular weight excluding hydrogens is 478 g/mol. The number of anilines is 3. The van der Waals surface area contributed by atoms with Gasteiger partial charge in [0, 0.05) is 39.7 Å². The van der Waals surface area contributed by atoms with Gasteiger partial charge in [-0.15, -0.1) is 12.4 Å². The van der Waals surface area contributed by atoms with Crippen molar-refractivity contribution in [2.45, 2.75) is 0 Å². The first-order valence-electron chi connectivity index (χ1n) is 10.0. The minimum absolute atomic E-state index is 0. The lowest BCUT2D eigenvalue weighted by Gasteiger charge is -2.04. The van der Waals surface area contributed by atoms with E-state index in [1.165, 1.54) is 22.8 Å². The van der Waals surface area contributed by atoms with Crippen molar-refractivity contribution >= 4 is 59.4 Å². The summed E-state index contributed by atoms with van der Waals surface area (Å²) >= 11 is 0. The second kappa shape index (κ2) is 11.1. The van der Waals surface area contributed by atoms with Crippen LogP contribution in [0.25, 0.3) is 0 Å². The molecule has 0 atom stereocenters. The topological polar surface area (TPSA) is 181 Å². The molecule has 0 saturated heterocycles. The Morgan fingerprint density at radius 3 is 1.66 bits per heavy atom. The van der Waals surface area contributed by atoms with E-state index in [1.807, 2.05) is 0 Å². The zero-order valence-corrected chi connectivity index (χ0v) is 20.0. The van der Waals surface area contributed by atoms with Crippen LogP contribution < -0.4 is 27.0 Å². The number of aryl methyl sites for hydroxylation is 3. The Bertz CT molecular complexity index is 1290. The molecule has 0 fully saturated rings. The molecule has 3 aromatic heterocycles. The molecule has 3 rings (SSSR count). The minimum atomic E-state index is -0.444. The zero-order chi connectivity index (χ0) is 25.0. The Hall–Kier alpha value is -4.52. The van der Waals surface area contributed by atoms with E-state index in [-0.39, 0.29) is 36.2 Å². The number of aromatic nitrogens is 3. The summed E-state index contributed by atoms with van der Waals surface area (Å²) in [5, 5.41) is 17.6. The summed E-state index contributed by atoms with van der Waals surface area (Å²) in [7, 11) is 4.97. The fourth-order valence-corrected chi connectivity index (χ4v) is 3.31. The van der Waals surface area contributed by atoms with Gasteiger partial charge in [-0.3, -0.25) is 24.6 Å². The van der Waals surface area contributed by atoms with Crippen LogP contribution in [-0.4, -0.2) is 50.2 Å². The van der Waals surface area contributed by atoms with Crippen LogP contribution in [0.3, 0.4) is 0 Å². The average Bonchev–Trinajstić information content (AvgIpc) is 3.42. The van der Waals surface area contributed by atoms with Gasteiger partial charge in [0.2, 0.25) is 6.41 Å². The normalized spacial score (nSPS) is 10.1. The molecule has 4 amide bonds. The third-order valence-corrected chi connectivity index (χ3v) is 4.89. The number of nitrogens with one attached hydrogen (secondary N) is 5. The molecule has 0 spiro atoms. The van der Waals surface area contributed by atoms with Crippen molar-refractivity contribution in [2.75, 3.05) is 22.5 Å². The van der Waals surface area contributed by atoms with Crippen molar-refractivity contribution in [1.82, 2.24) is 19.0 Å². The molecular formula is C21H26ClN9O4. The molecule has 186 valence electrons. The quantitative estimate of drug-likeness (QED) is 0.144. The number of hydrogen-bond acceptors (Lipinski definition) is 5. The van der Waals surface area contributed by atoms with Crippen LogP contribution in [0.4, 0.5) is 17.1 Å². The van der Waals surface area contributed by atoms with Gasteiger partial charge in [-0.2, -0.15) is 0 Å². The second-order valence-corrected chi connectivity index (χ2v) is 7.55. The monoisotopic (exact) mass is 503 g/mol. The third-order valence-electron chi connectivity index (χ3n) is 4.89. The smallest absolute Gasteiger partial charge is 0.272 e. The van der Waals surface area contributed by atoms with Crippen molar-refractivity contribution in [1.29, 1.82) is 5.41 Å². The first-order valence-corrected chi connectivity index (χ1v) is 10.0. The van der Waals surface area contributed by atoms with Crippen molar-refractivity contribution in [2.24, 2.45) is 26.9 Å². The molecule has 0 aliphatic heterocycles. The summed E-state index contributed by atoms with van der Waals surface area (Å²) in [5.41, 5.74) is 7.40. The standard InChI is InChI=1S/C21H25N9O4.ClH/c1-28-8-12(25-11-31)4-16(28)20(33)27-14-6-17(30(3)10-14)21(34)26-13-5-15(29(2)9-13)19(32)24-7-18(22)23;/h4-6,8-11H,7H2,1-3H3,(H3,22,23)(H,24,32)(H,25,31)(H,26,34)(H,27,33);1H. The lowest BCUT2D eigenvalue weighted by Crippen LogP contribution is -2.33. The molecule has 0 aliphatic rings. The maximum atomic E-state index is 12.8. The fraction of sp³-hybridized carbons (Fsp3) is 0.190. The van der Waals surface area contributed by atoms with Crippen molar-refractivity contribution < 1.29 is 19.2 Å². The number of amidine groups is 1. The van der Waals surface area contributed by atoms with E-state index in [4.69, 9.17) is 11.1 Å². The number of halogens is 1. The van der Waals surface area contributed by atoms with Crippen molar-refractivity contribution in [3.63, 3.8) is 0 Å². The molecule has 35 heavy (non-hydrogen) atoms. The van der Waals surface area contributed by atoms with E-state index < -0.39 is 17.7 Å². The molecule has 0 aliphatic carbocycles. The Balaban J connectivity index is 0.00000432. The lowest BCUT2D eigenvalue weighted by atomic mass is 10.3. The third kappa shape index (κ3) is 6.29. The van der Waals surface area contributed by atoms with E-state index in [0.29, 0.717) is 29.2 Å². The highest BCUT2D eigenvalue weighted by atomic mass is 35.5. The molecule has 14 heteroatoms. The molecule has 13 nitrogen and oxygen atoms in total. The predicted octanol–water partition coefficient (Wildman–Crippen LogP) is 0.863. The molecule has 0 bridgehead atoms. The number of nitrogens with zero attached hydrogens (tertiary/aromatic N) is 3. The van der Waals surface area contributed by atoms with Gasteiger partial charge in [-0.25, -0.2) is 0 Å². The molecule has 0 aromatic carbocycles. The average molecular weight is 504 g/mol. The number of carbonyl (C=O) groups is 4. The minimum Gasteiger partial charge on any atom is -0.386 e. The zero-order valence-electron chi connectivity index (χ0n) is 19.2. The summed E-state index contributed by atoms with van der Waals surface area (Å²) in [5.74, 6) is -1.47. The number of rotatable bonds is 9. The van der Waals surface area contributed by atoms with Gasteiger partial charge in [-0.1, -0.05) is 0 Å². The van der Waals surface area contributed by atoms with E-state index in [9.17, 15) is 19.2 Å². The SMILES string of the molecule is Cl.Cn1cc(NC(=O)c2cc(NC(=O)c3cc(NC=O)cn3C)cn2C)cc1C(=O)NCC(=N)N. The van der Waals surface area contributed by atoms with Crippen LogP contribution in [0.1, 0.15) is 31.5 Å². The predicted molar refractivity (Wildman–Crippen MR) is 133 cm³/mol. The van der Waals surface area contributed by atoms with E-state index in [1.54, 1.807) is 48.9 Å². The first-order chi connectivity index (χ1) is 16.1. The second-order valence-electron chi connectivity index (χ2n) is 7.55. The maximum absolute atomic E-state index is 12.8. The molecule has 7 N–H and O–H groups in total. The number of hydrogen-bond donors (Lipinski definition) is 6. The van der Waals surface area contributed by atoms with Gasteiger partial charge in [0.1, 0.15) is 22.9 Å². The highest BCUT2D eigenvalue weighted by Gasteiger charge is 2.18. The first kappa shape index (κ1) is 26.7. The van der Waals surface area contributed by atoms with Crippen LogP contribution in [0, 0.1) is 5.41 Å². The Morgan fingerprint density at radius 1 is 0.829 bits per heavy atom. The van der Waals surface area contributed by atoms with Gasteiger partial charge in [0.05, 0.1) is 23.6 Å². The summed E-state index contributed by atoms with van der Waals surface area (Å²) in [4.78, 5) is 48.2. The van der Waals surface area contributed by atoms with Gasteiger partial charge in [0.15, 0.2) is 0 Å². The summed E-state index contributed by atoms with van der Waals surface area (Å²) < 4.78 is 4.66. The molecule has 0 saturated carbocycles. The molecule has 0 radical (unpaired) electrons. The van der Waals surface area contributed by atoms with E-state index in [2.05, 4.69) is 21.3 Å². The Labute approximate surface area is 206 Å². The van der Waals surface area contributed by atoms with Crippen LogP contribution in [0.2, 0.25) is 0 Å². The van der Waals surface area contributed by atoms with E-state index >= 15 is 0 Å². The highest BCUT2D eigenvalue weighted by molar-refractivity contribution is 6.07. The van der Waals surface area contributed by atoms with Gasteiger partial charge < -0.3 is 40.7 Å². The number of amides is 4. The Kier molecular flexibility index (Phi) is 8.45. The highest BCUT2D eigenvalue weighted by Crippen LogP contribution is 2.19.